The highest BCUT2D eigenvalue weighted by molar-refractivity contribution is 7.50. The van der Waals surface area contributed by atoms with E-state index in [1.54, 1.807) is 53.5 Å². The van der Waals surface area contributed by atoms with E-state index in [4.69, 9.17) is 9.79 Å². The maximum Gasteiger partial charge on any atom is 0.329 e. The van der Waals surface area contributed by atoms with E-state index >= 15 is 0 Å². The number of hydrogen-bond acceptors (Lipinski definition) is 3. The smallest absolute Gasteiger partial charge is 0.326 e. The Morgan fingerprint density at radius 3 is 2.43 bits per heavy atom. The minimum atomic E-state index is -4.12. The lowest BCUT2D eigenvalue weighted by Gasteiger charge is -2.09. The SMILES string of the molecule is O=C(CCc1cncn1-c1ccc(F)cc1)Nc1ccc(CP(=O)(O)O)cc1. The number of anilines is 1. The van der Waals surface area contributed by atoms with Gasteiger partial charge in [0.15, 0.2) is 0 Å². The molecule has 9 heteroatoms. The fourth-order valence-corrected chi connectivity index (χ4v) is 3.42. The molecule has 1 aromatic heterocycles. The summed E-state index contributed by atoms with van der Waals surface area (Å²) in [6, 6.07) is 12.3. The first-order chi connectivity index (χ1) is 13.3. The summed E-state index contributed by atoms with van der Waals surface area (Å²) in [5, 5.41) is 2.75. The average molecular weight is 403 g/mol. The summed E-state index contributed by atoms with van der Waals surface area (Å²) >= 11 is 0. The number of aryl methyl sites for hydroxylation is 1. The van der Waals surface area contributed by atoms with Gasteiger partial charge in [0, 0.05) is 29.7 Å². The summed E-state index contributed by atoms with van der Waals surface area (Å²) in [6.45, 7) is 0. The van der Waals surface area contributed by atoms with Crippen molar-refractivity contribution in [3.63, 3.8) is 0 Å². The summed E-state index contributed by atoms with van der Waals surface area (Å²) in [7, 11) is -4.12. The molecule has 3 N–H and O–H groups in total. The van der Waals surface area contributed by atoms with Crippen LogP contribution < -0.4 is 5.32 Å². The molecule has 0 radical (unpaired) electrons. The fraction of sp³-hybridized carbons (Fsp3) is 0.158. The molecular weight excluding hydrogens is 384 g/mol. The van der Waals surface area contributed by atoms with E-state index in [0.717, 1.165) is 11.4 Å². The number of benzene rings is 2. The Bertz CT molecular complexity index is 997. The van der Waals surface area contributed by atoms with Crippen molar-refractivity contribution in [2.75, 3.05) is 5.32 Å². The predicted octanol–water partition coefficient (Wildman–Crippen LogP) is 3.26. The molecule has 0 unspecified atom stereocenters. The van der Waals surface area contributed by atoms with Crippen LogP contribution in [0.4, 0.5) is 10.1 Å². The number of amides is 1. The van der Waals surface area contributed by atoms with Gasteiger partial charge >= 0.3 is 7.60 Å². The van der Waals surface area contributed by atoms with Gasteiger partial charge in [-0.05, 0) is 48.4 Å². The molecule has 0 aliphatic rings. The lowest BCUT2D eigenvalue weighted by Crippen LogP contribution is -2.13. The topological polar surface area (TPSA) is 104 Å². The highest BCUT2D eigenvalue weighted by Gasteiger charge is 2.14. The fourth-order valence-electron chi connectivity index (χ4n) is 2.74. The summed E-state index contributed by atoms with van der Waals surface area (Å²) in [4.78, 5) is 34.3. The molecule has 0 atom stereocenters. The standard InChI is InChI=1S/C19H19FN3O4P/c20-15-3-7-17(8-4-15)23-13-21-11-18(23)9-10-19(24)22-16-5-1-14(2-6-16)12-28(25,26)27/h1-8,11,13H,9-10,12H2,(H,22,24)(H2,25,26,27). The number of aromatic nitrogens is 2. The number of imidazole rings is 1. The Labute approximate surface area is 161 Å². The van der Waals surface area contributed by atoms with E-state index in [-0.39, 0.29) is 24.3 Å². The largest absolute Gasteiger partial charge is 0.329 e. The Morgan fingerprint density at radius 2 is 1.79 bits per heavy atom. The maximum atomic E-state index is 13.1. The van der Waals surface area contributed by atoms with Crippen LogP contribution in [0.2, 0.25) is 0 Å². The first kappa shape index (κ1) is 19.9. The lowest BCUT2D eigenvalue weighted by atomic mass is 10.2. The zero-order chi connectivity index (χ0) is 20.1. The summed E-state index contributed by atoms with van der Waals surface area (Å²) in [6.07, 6.45) is 3.60. The van der Waals surface area contributed by atoms with Crippen LogP contribution in [0, 0.1) is 5.82 Å². The Kier molecular flexibility index (Phi) is 6.04. The molecule has 1 heterocycles. The van der Waals surface area contributed by atoms with Crippen LogP contribution in [-0.4, -0.2) is 25.2 Å². The van der Waals surface area contributed by atoms with Gasteiger partial charge in [-0.15, -0.1) is 0 Å². The van der Waals surface area contributed by atoms with Gasteiger partial charge in [-0.1, -0.05) is 12.1 Å². The van der Waals surface area contributed by atoms with Crippen LogP contribution in [0.1, 0.15) is 17.7 Å². The maximum absolute atomic E-state index is 13.1. The van der Waals surface area contributed by atoms with Gasteiger partial charge in [-0.25, -0.2) is 9.37 Å². The third-order valence-electron chi connectivity index (χ3n) is 4.05. The highest BCUT2D eigenvalue weighted by Crippen LogP contribution is 2.39. The van der Waals surface area contributed by atoms with Crippen molar-refractivity contribution >= 4 is 19.2 Å². The van der Waals surface area contributed by atoms with Crippen molar-refractivity contribution < 1.29 is 23.5 Å². The van der Waals surface area contributed by atoms with Crippen molar-refractivity contribution in [2.24, 2.45) is 0 Å². The second-order valence-corrected chi connectivity index (χ2v) is 7.94. The van der Waals surface area contributed by atoms with Crippen molar-refractivity contribution in [3.05, 3.63) is 78.1 Å². The number of rotatable bonds is 7. The normalized spacial score (nSPS) is 11.4. The minimum absolute atomic E-state index is 0.199. The van der Waals surface area contributed by atoms with Gasteiger partial charge in [-0.2, -0.15) is 0 Å². The number of carbonyl (C=O) groups is 1. The number of hydrogen-bond donors (Lipinski definition) is 3. The van der Waals surface area contributed by atoms with Crippen LogP contribution in [0.25, 0.3) is 5.69 Å². The van der Waals surface area contributed by atoms with Gasteiger partial charge < -0.3 is 19.7 Å². The number of carbonyl (C=O) groups excluding carboxylic acids is 1. The Balaban J connectivity index is 1.57. The van der Waals surface area contributed by atoms with Crippen LogP contribution >= 0.6 is 7.60 Å². The van der Waals surface area contributed by atoms with Crippen molar-refractivity contribution in [1.82, 2.24) is 9.55 Å². The van der Waals surface area contributed by atoms with Crippen molar-refractivity contribution in [2.45, 2.75) is 19.0 Å². The molecule has 2 aromatic carbocycles. The van der Waals surface area contributed by atoms with Crippen molar-refractivity contribution in [1.29, 1.82) is 0 Å². The van der Waals surface area contributed by atoms with E-state index in [2.05, 4.69) is 10.3 Å². The van der Waals surface area contributed by atoms with Crippen LogP contribution in [0.3, 0.4) is 0 Å². The number of nitrogens with zero attached hydrogens (tertiary/aromatic N) is 2. The Hall–Kier alpha value is -2.80. The molecule has 28 heavy (non-hydrogen) atoms. The van der Waals surface area contributed by atoms with E-state index in [9.17, 15) is 13.8 Å². The molecule has 3 rings (SSSR count). The molecular formula is C19H19FN3O4P. The molecule has 0 aliphatic carbocycles. The van der Waals surface area contributed by atoms with E-state index in [0.29, 0.717) is 17.7 Å². The third-order valence-corrected chi connectivity index (χ3v) is 4.83. The molecule has 0 saturated carbocycles. The highest BCUT2D eigenvalue weighted by atomic mass is 31.2. The van der Waals surface area contributed by atoms with Gasteiger partial charge in [0.1, 0.15) is 5.82 Å². The summed E-state index contributed by atoms with van der Waals surface area (Å²) in [5.74, 6) is -0.522. The zero-order valence-corrected chi connectivity index (χ0v) is 15.7. The lowest BCUT2D eigenvalue weighted by molar-refractivity contribution is -0.116. The molecule has 7 nitrogen and oxygen atoms in total. The van der Waals surface area contributed by atoms with E-state index in [1.807, 2.05) is 0 Å². The first-order valence-electron chi connectivity index (χ1n) is 8.51. The molecule has 0 bridgehead atoms. The summed E-state index contributed by atoms with van der Waals surface area (Å²) in [5.41, 5.74) is 2.62. The first-order valence-corrected chi connectivity index (χ1v) is 10.3. The van der Waals surface area contributed by atoms with Crippen LogP contribution in [0.15, 0.2) is 61.1 Å². The molecule has 0 aliphatic heterocycles. The number of nitrogens with one attached hydrogen (secondary N) is 1. The van der Waals surface area contributed by atoms with E-state index < -0.39 is 7.60 Å². The molecule has 0 spiro atoms. The molecule has 1 amide bonds. The van der Waals surface area contributed by atoms with Gasteiger partial charge in [0.2, 0.25) is 5.91 Å². The quantitative estimate of drug-likeness (QED) is 0.526. The molecule has 146 valence electrons. The van der Waals surface area contributed by atoms with Crippen LogP contribution in [0.5, 0.6) is 0 Å². The second kappa shape index (κ2) is 8.48. The monoisotopic (exact) mass is 403 g/mol. The van der Waals surface area contributed by atoms with Gasteiger partial charge in [-0.3, -0.25) is 9.36 Å². The van der Waals surface area contributed by atoms with Gasteiger partial charge in [0.25, 0.3) is 0 Å². The van der Waals surface area contributed by atoms with Crippen molar-refractivity contribution in [3.8, 4) is 5.69 Å². The predicted molar refractivity (Wildman–Crippen MR) is 103 cm³/mol. The van der Waals surface area contributed by atoms with Gasteiger partial charge in [0.05, 0.1) is 12.5 Å². The van der Waals surface area contributed by atoms with E-state index in [1.165, 1.54) is 12.1 Å². The molecule has 0 saturated heterocycles. The third kappa shape index (κ3) is 5.60. The second-order valence-electron chi connectivity index (χ2n) is 6.30. The average Bonchev–Trinajstić information content (AvgIpc) is 3.10. The Morgan fingerprint density at radius 1 is 1.11 bits per heavy atom. The minimum Gasteiger partial charge on any atom is -0.326 e. The molecule has 3 aromatic rings. The summed E-state index contributed by atoms with van der Waals surface area (Å²) < 4.78 is 25.9. The number of halogens is 1. The van der Waals surface area contributed by atoms with Crippen LogP contribution in [-0.2, 0) is 21.9 Å². The molecule has 0 fully saturated rings. The zero-order valence-electron chi connectivity index (χ0n) is 14.8.